The lowest BCUT2D eigenvalue weighted by Gasteiger charge is -2.12. The van der Waals surface area contributed by atoms with E-state index in [1.807, 2.05) is 0 Å². The van der Waals surface area contributed by atoms with Crippen molar-refractivity contribution in [2.45, 2.75) is 31.5 Å². The molecule has 0 rings (SSSR count). The highest BCUT2D eigenvalue weighted by molar-refractivity contribution is 4.56. The van der Waals surface area contributed by atoms with Crippen LogP contribution in [0.1, 0.15) is 13.3 Å². The molecule has 10 heteroatoms. The van der Waals surface area contributed by atoms with E-state index in [1.54, 1.807) is 7.11 Å². The Morgan fingerprint density at radius 1 is 0.840 bits per heavy atom. The maximum Gasteiger partial charge on any atom is 0.268 e. The van der Waals surface area contributed by atoms with Gasteiger partial charge < -0.3 is 39.4 Å². The molecule has 4 N–H and O–H groups in total. The van der Waals surface area contributed by atoms with Gasteiger partial charge in [-0.1, -0.05) is 0 Å². The van der Waals surface area contributed by atoms with Crippen molar-refractivity contribution in [2.24, 2.45) is 0 Å². The van der Waals surface area contributed by atoms with Crippen LogP contribution in [-0.4, -0.2) is 105 Å². The van der Waals surface area contributed by atoms with E-state index < -0.39 is 31.3 Å². The Labute approximate surface area is 147 Å². The van der Waals surface area contributed by atoms with Crippen molar-refractivity contribution in [3.05, 3.63) is 0 Å². The first-order valence-electron chi connectivity index (χ1n) is 7.94. The number of methoxy groups -OCH3 is 1. The highest BCUT2D eigenvalue weighted by Gasteiger charge is 2.21. The molecule has 0 aromatic carbocycles. The summed E-state index contributed by atoms with van der Waals surface area (Å²) in [5, 5.41) is 34.2. The lowest BCUT2D eigenvalue weighted by Crippen LogP contribution is -2.25. The molecule has 8 nitrogen and oxygen atoms in total. The molecule has 2 atom stereocenters. The quantitative estimate of drug-likeness (QED) is 0.280. The van der Waals surface area contributed by atoms with Crippen LogP contribution in [0.25, 0.3) is 0 Å². The maximum atomic E-state index is 12.0. The maximum absolute atomic E-state index is 12.0. The fraction of sp³-hybridized carbons (Fsp3) is 1.00. The van der Waals surface area contributed by atoms with Crippen LogP contribution < -0.4 is 0 Å². The van der Waals surface area contributed by atoms with E-state index in [4.69, 9.17) is 34.6 Å². The minimum Gasteiger partial charge on any atom is -0.394 e. The molecule has 0 saturated heterocycles. The molecule has 154 valence electrons. The average molecular weight is 378 g/mol. The van der Waals surface area contributed by atoms with Crippen LogP contribution in [0, 0.1) is 0 Å². The van der Waals surface area contributed by atoms with E-state index in [2.05, 4.69) is 4.74 Å². The molecule has 0 saturated carbocycles. The SMILES string of the molecule is CC(F)(F)COCC(O)CO.COCCCOCCOCC(O)CO. The second kappa shape index (κ2) is 18.3. The zero-order valence-corrected chi connectivity index (χ0v) is 14.9. The van der Waals surface area contributed by atoms with Crippen LogP contribution in [0.3, 0.4) is 0 Å². The Hall–Kier alpha value is -0.460. The second-order valence-electron chi connectivity index (χ2n) is 5.29. The van der Waals surface area contributed by atoms with Gasteiger partial charge in [-0.05, 0) is 6.42 Å². The molecule has 0 spiro atoms. The van der Waals surface area contributed by atoms with Crippen LogP contribution in [0.15, 0.2) is 0 Å². The first kappa shape index (κ1) is 26.8. The van der Waals surface area contributed by atoms with Crippen molar-refractivity contribution in [3.8, 4) is 0 Å². The van der Waals surface area contributed by atoms with Gasteiger partial charge in [-0.15, -0.1) is 0 Å². The lowest BCUT2D eigenvalue weighted by molar-refractivity contribution is -0.0843. The number of rotatable bonds is 15. The summed E-state index contributed by atoms with van der Waals surface area (Å²) in [6.07, 6.45) is -0.990. The van der Waals surface area contributed by atoms with E-state index in [9.17, 15) is 8.78 Å². The summed E-state index contributed by atoms with van der Waals surface area (Å²) < 4.78 is 43.5. The zero-order chi connectivity index (χ0) is 19.6. The van der Waals surface area contributed by atoms with Crippen LogP contribution in [-0.2, 0) is 18.9 Å². The summed E-state index contributed by atoms with van der Waals surface area (Å²) in [5.41, 5.74) is 0. The van der Waals surface area contributed by atoms with Crippen molar-refractivity contribution in [1.29, 1.82) is 0 Å². The molecule has 0 fully saturated rings. The first-order valence-corrected chi connectivity index (χ1v) is 7.94. The van der Waals surface area contributed by atoms with Crippen molar-refractivity contribution >= 4 is 0 Å². The van der Waals surface area contributed by atoms with Gasteiger partial charge >= 0.3 is 0 Å². The van der Waals surface area contributed by atoms with Gasteiger partial charge in [-0.3, -0.25) is 0 Å². The first-order chi connectivity index (χ1) is 11.8. The standard InChI is InChI=1S/C9H20O5.C6H12F2O3/c1-12-3-2-4-13-5-6-14-8-9(11)7-10;1-6(7,8)4-11-3-5(10)2-9/h9-11H,2-8H2,1H3;5,9-10H,2-4H2,1H3. The van der Waals surface area contributed by atoms with E-state index >= 15 is 0 Å². The summed E-state index contributed by atoms with van der Waals surface area (Å²) in [6.45, 7) is 1.42. The Morgan fingerprint density at radius 3 is 1.84 bits per heavy atom. The van der Waals surface area contributed by atoms with E-state index in [-0.39, 0.29) is 19.8 Å². The highest BCUT2D eigenvalue weighted by atomic mass is 19.3. The van der Waals surface area contributed by atoms with Crippen molar-refractivity contribution in [1.82, 2.24) is 0 Å². The summed E-state index contributed by atoms with van der Waals surface area (Å²) in [5.74, 6) is -2.88. The van der Waals surface area contributed by atoms with Crippen LogP contribution in [0.5, 0.6) is 0 Å². The molecule has 0 amide bonds. The molecule has 0 aromatic heterocycles. The third-order valence-electron chi connectivity index (χ3n) is 2.41. The minimum atomic E-state index is -2.88. The Balaban J connectivity index is 0. The topological polar surface area (TPSA) is 118 Å². The molecular weight excluding hydrogens is 346 g/mol. The monoisotopic (exact) mass is 378 g/mol. The fourth-order valence-electron chi connectivity index (χ4n) is 1.22. The van der Waals surface area contributed by atoms with Crippen molar-refractivity contribution < 1.29 is 48.2 Å². The molecular formula is C15H32F2O8. The third-order valence-corrected chi connectivity index (χ3v) is 2.41. The number of aliphatic hydroxyl groups excluding tert-OH is 4. The van der Waals surface area contributed by atoms with Gasteiger partial charge in [0.05, 0.1) is 39.6 Å². The van der Waals surface area contributed by atoms with Gasteiger partial charge in [0.15, 0.2) is 0 Å². The van der Waals surface area contributed by atoms with E-state index in [0.29, 0.717) is 26.4 Å². The number of halogens is 2. The summed E-state index contributed by atoms with van der Waals surface area (Å²) >= 11 is 0. The molecule has 0 radical (unpaired) electrons. The molecule has 25 heavy (non-hydrogen) atoms. The average Bonchev–Trinajstić information content (AvgIpc) is 2.56. The molecule has 0 aliphatic carbocycles. The molecule has 0 heterocycles. The molecule has 0 aliphatic rings. The van der Waals surface area contributed by atoms with Crippen LogP contribution >= 0.6 is 0 Å². The van der Waals surface area contributed by atoms with Crippen LogP contribution in [0.4, 0.5) is 8.78 Å². The van der Waals surface area contributed by atoms with Gasteiger partial charge in [0.25, 0.3) is 5.92 Å². The van der Waals surface area contributed by atoms with Crippen LogP contribution in [0.2, 0.25) is 0 Å². The number of hydrogen-bond donors (Lipinski definition) is 4. The van der Waals surface area contributed by atoms with Gasteiger partial charge in [0, 0.05) is 27.2 Å². The van der Waals surface area contributed by atoms with Gasteiger partial charge in [-0.25, -0.2) is 8.78 Å². The lowest BCUT2D eigenvalue weighted by atomic mass is 10.4. The highest BCUT2D eigenvalue weighted by Crippen LogP contribution is 2.11. The van der Waals surface area contributed by atoms with Gasteiger partial charge in [0.1, 0.15) is 18.8 Å². The number of ether oxygens (including phenoxy) is 4. The van der Waals surface area contributed by atoms with Crippen molar-refractivity contribution in [3.63, 3.8) is 0 Å². The Morgan fingerprint density at radius 2 is 1.36 bits per heavy atom. The fourth-order valence-corrected chi connectivity index (χ4v) is 1.22. The second-order valence-corrected chi connectivity index (χ2v) is 5.29. The van der Waals surface area contributed by atoms with E-state index in [1.165, 1.54) is 0 Å². The van der Waals surface area contributed by atoms with Crippen molar-refractivity contribution in [2.75, 3.05) is 66.6 Å². The number of aliphatic hydroxyl groups is 4. The predicted molar refractivity (Wildman–Crippen MR) is 85.8 cm³/mol. The van der Waals surface area contributed by atoms with Gasteiger partial charge in [0.2, 0.25) is 0 Å². The minimum absolute atomic E-state index is 0.151. The molecule has 0 aromatic rings. The summed E-state index contributed by atoms with van der Waals surface area (Å²) in [7, 11) is 1.65. The smallest absolute Gasteiger partial charge is 0.268 e. The Bertz CT molecular complexity index is 266. The van der Waals surface area contributed by atoms with Gasteiger partial charge in [-0.2, -0.15) is 0 Å². The number of hydrogen-bond acceptors (Lipinski definition) is 8. The Kier molecular flexibility index (Phi) is 19.6. The van der Waals surface area contributed by atoms with E-state index in [0.717, 1.165) is 13.3 Å². The normalized spacial score (nSPS) is 13.9. The summed E-state index contributed by atoms with van der Waals surface area (Å²) in [4.78, 5) is 0. The third kappa shape index (κ3) is 25.9. The predicted octanol–water partition coefficient (Wildman–Crippen LogP) is -0.579. The zero-order valence-electron chi connectivity index (χ0n) is 14.9. The largest absolute Gasteiger partial charge is 0.394 e. The number of alkyl halides is 2. The summed E-state index contributed by atoms with van der Waals surface area (Å²) in [6, 6.07) is 0. The molecule has 2 unspecified atom stereocenters. The molecule has 0 aliphatic heterocycles. The molecule has 0 bridgehead atoms.